The third kappa shape index (κ3) is 2.46. The van der Waals surface area contributed by atoms with Crippen molar-refractivity contribution < 1.29 is 9.47 Å². The van der Waals surface area contributed by atoms with Gasteiger partial charge in [0.05, 0.1) is 25.7 Å². The first-order chi connectivity index (χ1) is 9.28. The third-order valence-corrected chi connectivity index (χ3v) is 3.95. The van der Waals surface area contributed by atoms with Crippen LogP contribution in [0.1, 0.15) is 27.6 Å². The number of hydrogen-bond donors (Lipinski definition) is 0. The van der Waals surface area contributed by atoms with Gasteiger partial charge < -0.3 is 9.47 Å². The predicted octanol–water partition coefficient (Wildman–Crippen LogP) is 4.05. The number of halogens is 1. The van der Waals surface area contributed by atoms with Crippen molar-refractivity contribution in [3.63, 3.8) is 0 Å². The van der Waals surface area contributed by atoms with Crippen molar-refractivity contribution in [2.45, 2.75) is 18.6 Å². The van der Waals surface area contributed by atoms with Gasteiger partial charge in [0.25, 0.3) is 0 Å². The van der Waals surface area contributed by atoms with Gasteiger partial charge in [-0.15, -0.1) is 11.6 Å². The molecule has 0 fully saturated rings. The molecule has 19 heavy (non-hydrogen) atoms. The molecule has 0 saturated carbocycles. The zero-order valence-corrected chi connectivity index (χ0v) is 11.5. The molecule has 0 spiro atoms. The van der Waals surface area contributed by atoms with E-state index in [1.807, 2.05) is 24.3 Å². The number of ether oxygens (including phenoxy) is 2. The summed E-state index contributed by atoms with van der Waals surface area (Å²) in [5.41, 5.74) is 4.69. The molecule has 1 aliphatic rings. The summed E-state index contributed by atoms with van der Waals surface area (Å²) in [5.74, 6) is 0.843. The Labute approximate surface area is 117 Å². The summed E-state index contributed by atoms with van der Waals surface area (Å²) in [6.45, 7) is 1.40. The first kappa shape index (κ1) is 12.5. The lowest BCUT2D eigenvalue weighted by molar-refractivity contribution is 0.134. The van der Waals surface area contributed by atoms with Gasteiger partial charge in [-0.25, -0.2) is 0 Å². The zero-order chi connectivity index (χ0) is 13.2. The molecule has 0 bridgehead atoms. The lowest BCUT2D eigenvalue weighted by Crippen LogP contribution is -1.95. The minimum Gasteiger partial charge on any atom is -0.497 e. The van der Waals surface area contributed by atoms with Crippen molar-refractivity contribution in [1.82, 2.24) is 0 Å². The van der Waals surface area contributed by atoms with Gasteiger partial charge in [-0.05, 0) is 34.4 Å². The number of benzene rings is 2. The standard InChI is InChI=1S/C16H15ClO2/c1-18-15-6-4-11(5-7-15)16(17)12-2-3-13-9-19-10-14(13)8-12/h2-8,16H,9-10H2,1H3. The van der Waals surface area contributed by atoms with Crippen molar-refractivity contribution in [2.24, 2.45) is 0 Å². The Hall–Kier alpha value is -1.51. The molecule has 0 radical (unpaired) electrons. The van der Waals surface area contributed by atoms with Crippen LogP contribution in [-0.4, -0.2) is 7.11 Å². The van der Waals surface area contributed by atoms with E-state index in [1.54, 1.807) is 7.11 Å². The van der Waals surface area contributed by atoms with Gasteiger partial charge in [-0.1, -0.05) is 30.3 Å². The number of hydrogen-bond acceptors (Lipinski definition) is 2. The molecule has 1 heterocycles. The third-order valence-electron chi connectivity index (χ3n) is 3.45. The van der Waals surface area contributed by atoms with Crippen molar-refractivity contribution in [3.8, 4) is 5.75 Å². The summed E-state index contributed by atoms with van der Waals surface area (Å²) in [7, 11) is 1.66. The van der Waals surface area contributed by atoms with E-state index in [-0.39, 0.29) is 5.38 Å². The molecule has 2 nitrogen and oxygen atoms in total. The zero-order valence-electron chi connectivity index (χ0n) is 10.7. The van der Waals surface area contributed by atoms with Gasteiger partial charge in [0, 0.05) is 0 Å². The summed E-state index contributed by atoms with van der Waals surface area (Å²) in [6.07, 6.45) is 0. The van der Waals surface area contributed by atoms with Crippen LogP contribution in [0.5, 0.6) is 5.75 Å². The summed E-state index contributed by atoms with van der Waals surface area (Å²) >= 11 is 6.55. The highest BCUT2D eigenvalue weighted by Crippen LogP contribution is 2.32. The van der Waals surface area contributed by atoms with Gasteiger partial charge in [0.15, 0.2) is 0 Å². The molecular weight excluding hydrogens is 260 g/mol. The summed E-state index contributed by atoms with van der Waals surface area (Å²) in [4.78, 5) is 0. The number of methoxy groups -OCH3 is 1. The molecule has 3 rings (SSSR count). The SMILES string of the molecule is COc1ccc(C(Cl)c2ccc3c(c2)COC3)cc1. The Bertz CT molecular complexity index is 578. The van der Waals surface area contributed by atoms with Crippen molar-refractivity contribution in [3.05, 3.63) is 64.7 Å². The van der Waals surface area contributed by atoms with Gasteiger partial charge in [0.1, 0.15) is 5.75 Å². The van der Waals surface area contributed by atoms with E-state index in [0.717, 1.165) is 16.9 Å². The normalized spacial score (nSPS) is 15.1. The van der Waals surface area contributed by atoms with Crippen LogP contribution in [0.4, 0.5) is 0 Å². The van der Waals surface area contributed by atoms with Crippen LogP contribution < -0.4 is 4.74 Å². The highest BCUT2D eigenvalue weighted by atomic mass is 35.5. The van der Waals surface area contributed by atoms with Crippen LogP contribution in [0.2, 0.25) is 0 Å². The Morgan fingerprint density at radius 2 is 1.68 bits per heavy atom. The minimum absolute atomic E-state index is 0.142. The fourth-order valence-corrected chi connectivity index (χ4v) is 2.60. The van der Waals surface area contributed by atoms with Crippen molar-refractivity contribution >= 4 is 11.6 Å². The molecule has 2 aromatic carbocycles. The average molecular weight is 275 g/mol. The molecule has 98 valence electrons. The smallest absolute Gasteiger partial charge is 0.118 e. The van der Waals surface area contributed by atoms with Crippen LogP contribution in [-0.2, 0) is 18.0 Å². The number of rotatable bonds is 3. The molecule has 0 saturated heterocycles. The highest BCUT2D eigenvalue weighted by Gasteiger charge is 2.16. The van der Waals surface area contributed by atoms with Crippen molar-refractivity contribution in [1.29, 1.82) is 0 Å². The maximum absolute atomic E-state index is 6.55. The van der Waals surface area contributed by atoms with E-state index >= 15 is 0 Å². The minimum atomic E-state index is -0.142. The second-order valence-electron chi connectivity index (χ2n) is 4.66. The molecule has 0 N–H and O–H groups in total. The van der Waals surface area contributed by atoms with Gasteiger partial charge in [-0.3, -0.25) is 0 Å². The van der Waals surface area contributed by atoms with E-state index in [2.05, 4.69) is 18.2 Å². The first-order valence-corrected chi connectivity index (χ1v) is 6.69. The lowest BCUT2D eigenvalue weighted by Gasteiger charge is -2.12. The quantitative estimate of drug-likeness (QED) is 0.786. The first-order valence-electron chi connectivity index (χ1n) is 6.25. The van der Waals surface area contributed by atoms with E-state index in [4.69, 9.17) is 21.1 Å². The highest BCUT2D eigenvalue weighted by molar-refractivity contribution is 6.22. The topological polar surface area (TPSA) is 18.5 Å². The Morgan fingerprint density at radius 1 is 1.00 bits per heavy atom. The molecule has 1 unspecified atom stereocenters. The average Bonchev–Trinajstić information content (AvgIpc) is 2.94. The van der Waals surface area contributed by atoms with Gasteiger partial charge in [0.2, 0.25) is 0 Å². The maximum atomic E-state index is 6.55. The van der Waals surface area contributed by atoms with Crippen LogP contribution in [0, 0.1) is 0 Å². The van der Waals surface area contributed by atoms with Crippen LogP contribution >= 0.6 is 11.6 Å². The molecule has 0 aromatic heterocycles. The second kappa shape index (κ2) is 5.24. The molecule has 1 atom stereocenters. The predicted molar refractivity (Wildman–Crippen MR) is 75.6 cm³/mol. The summed E-state index contributed by atoms with van der Waals surface area (Å²) in [6, 6.07) is 14.2. The van der Waals surface area contributed by atoms with Crippen LogP contribution in [0.3, 0.4) is 0 Å². The largest absolute Gasteiger partial charge is 0.497 e. The molecule has 0 aliphatic carbocycles. The molecule has 1 aliphatic heterocycles. The summed E-state index contributed by atoms with van der Waals surface area (Å²) < 4.78 is 10.6. The van der Waals surface area contributed by atoms with Gasteiger partial charge in [-0.2, -0.15) is 0 Å². The number of fused-ring (bicyclic) bond motifs is 1. The Morgan fingerprint density at radius 3 is 2.42 bits per heavy atom. The van der Waals surface area contributed by atoms with Gasteiger partial charge >= 0.3 is 0 Å². The lowest BCUT2D eigenvalue weighted by atomic mass is 10.00. The fraction of sp³-hybridized carbons (Fsp3) is 0.250. The monoisotopic (exact) mass is 274 g/mol. The Balaban J connectivity index is 1.88. The molecule has 3 heteroatoms. The number of alkyl halides is 1. The van der Waals surface area contributed by atoms with E-state index in [0.29, 0.717) is 13.2 Å². The van der Waals surface area contributed by atoms with Crippen LogP contribution in [0.15, 0.2) is 42.5 Å². The second-order valence-corrected chi connectivity index (χ2v) is 5.09. The fourth-order valence-electron chi connectivity index (χ4n) is 2.31. The van der Waals surface area contributed by atoms with Crippen LogP contribution in [0.25, 0.3) is 0 Å². The van der Waals surface area contributed by atoms with Crippen molar-refractivity contribution in [2.75, 3.05) is 7.11 Å². The molecule has 2 aromatic rings. The molecule has 0 amide bonds. The maximum Gasteiger partial charge on any atom is 0.118 e. The van der Waals surface area contributed by atoms with E-state index in [9.17, 15) is 0 Å². The Kier molecular flexibility index (Phi) is 3.45. The summed E-state index contributed by atoms with van der Waals surface area (Å²) in [5, 5.41) is -0.142. The van der Waals surface area contributed by atoms with E-state index < -0.39 is 0 Å². The molecular formula is C16H15ClO2. The van der Waals surface area contributed by atoms with E-state index in [1.165, 1.54) is 11.1 Å².